The molecule has 0 saturated heterocycles. The molecule has 18 heavy (non-hydrogen) atoms. The van der Waals surface area contributed by atoms with E-state index in [1.807, 2.05) is 39.1 Å². The largest absolute Gasteiger partial charge is 0.491 e. The molecule has 1 unspecified atom stereocenters. The molecule has 0 saturated carbocycles. The summed E-state index contributed by atoms with van der Waals surface area (Å²) in [6.45, 7) is 4.05. The molecule has 1 atom stereocenters. The van der Waals surface area contributed by atoms with Crippen LogP contribution < -0.4 is 10.1 Å². The maximum Gasteiger partial charge on any atom is 0.124 e. The normalized spacial score (nSPS) is 12.7. The van der Waals surface area contributed by atoms with Crippen molar-refractivity contribution in [3.63, 3.8) is 0 Å². The fraction of sp³-hybridized carbons (Fsp3) is 0.385. The number of rotatable bonds is 5. The molecule has 0 bridgehead atoms. The summed E-state index contributed by atoms with van der Waals surface area (Å²) in [5, 5.41) is 7.18. The molecule has 1 N–H and O–H groups in total. The lowest BCUT2D eigenvalue weighted by Crippen LogP contribution is -2.18. The summed E-state index contributed by atoms with van der Waals surface area (Å²) in [4.78, 5) is 1.08. The van der Waals surface area contributed by atoms with Gasteiger partial charge in [0, 0.05) is 5.56 Å². The van der Waals surface area contributed by atoms with Gasteiger partial charge in [0.15, 0.2) is 0 Å². The minimum atomic E-state index is 0.0694. The predicted molar refractivity (Wildman–Crippen MR) is 73.0 cm³/mol. The molecule has 5 heteroatoms. The van der Waals surface area contributed by atoms with E-state index in [4.69, 9.17) is 4.74 Å². The summed E-state index contributed by atoms with van der Waals surface area (Å²) in [5.41, 5.74) is 1.11. The molecule has 1 aromatic carbocycles. The van der Waals surface area contributed by atoms with Crippen molar-refractivity contribution in [3.05, 3.63) is 40.9 Å². The van der Waals surface area contributed by atoms with Crippen molar-refractivity contribution < 1.29 is 4.74 Å². The third kappa shape index (κ3) is 2.86. The average molecular weight is 263 g/mol. The van der Waals surface area contributed by atoms with Gasteiger partial charge in [-0.2, -0.15) is 0 Å². The summed E-state index contributed by atoms with van der Waals surface area (Å²) in [7, 11) is 1.93. The molecular formula is C13H17N3OS. The van der Waals surface area contributed by atoms with Crippen LogP contribution in [-0.4, -0.2) is 22.7 Å². The monoisotopic (exact) mass is 263 g/mol. The van der Waals surface area contributed by atoms with E-state index in [2.05, 4.69) is 21.0 Å². The Kier molecular flexibility index (Phi) is 4.28. The van der Waals surface area contributed by atoms with Crippen molar-refractivity contribution in [2.45, 2.75) is 26.0 Å². The molecule has 0 radical (unpaired) electrons. The first kappa shape index (κ1) is 13.0. The molecule has 0 aliphatic heterocycles. The minimum absolute atomic E-state index is 0.0694. The fourth-order valence-electron chi connectivity index (χ4n) is 1.83. The Hall–Kier alpha value is -1.46. The zero-order chi connectivity index (χ0) is 13.0. The zero-order valence-electron chi connectivity index (χ0n) is 10.8. The van der Waals surface area contributed by atoms with Gasteiger partial charge in [0.05, 0.1) is 23.2 Å². The quantitative estimate of drug-likeness (QED) is 0.901. The molecule has 0 fully saturated rings. The molecular weight excluding hydrogens is 246 g/mol. The SMILES string of the molecule is CNC(c1cnns1)c1ccccc1OC(C)C. The van der Waals surface area contributed by atoms with Crippen molar-refractivity contribution in [1.82, 2.24) is 14.9 Å². The van der Waals surface area contributed by atoms with Crippen LogP contribution in [-0.2, 0) is 0 Å². The lowest BCUT2D eigenvalue weighted by Gasteiger charge is -2.19. The van der Waals surface area contributed by atoms with Crippen molar-refractivity contribution in [1.29, 1.82) is 0 Å². The van der Waals surface area contributed by atoms with Crippen molar-refractivity contribution in [3.8, 4) is 5.75 Å². The number of nitrogens with one attached hydrogen (secondary N) is 1. The standard InChI is InChI=1S/C13H17N3OS/c1-9(2)17-11-7-5-4-6-10(11)13(14-3)12-8-15-16-18-12/h4-9,13-14H,1-3H3. The van der Waals surface area contributed by atoms with Crippen LogP contribution in [0.25, 0.3) is 0 Å². The van der Waals surface area contributed by atoms with Crippen LogP contribution in [0.4, 0.5) is 0 Å². The average Bonchev–Trinajstić information content (AvgIpc) is 2.85. The van der Waals surface area contributed by atoms with Gasteiger partial charge in [-0.15, -0.1) is 5.10 Å². The van der Waals surface area contributed by atoms with Crippen LogP contribution >= 0.6 is 11.5 Å². The second-order valence-corrected chi connectivity index (χ2v) is 5.06. The molecule has 0 aliphatic rings. The zero-order valence-corrected chi connectivity index (χ0v) is 11.6. The van der Waals surface area contributed by atoms with E-state index in [-0.39, 0.29) is 12.1 Å². The van der Waals surface area contributed by atoms with Crippen LogP contribution in [0.5, 0.6) is 5.75 Å². The number of benzene rings is 1. The van der Waals surface area contributed by atoms with Gasteiger partial charge in [0.25, 0.3) is 0 Å². The van der Waals surface area contributed by atoms with Gasteiger partial charge in [-0.1, -0.05) is 22.7 Å². The Labute approximate surface area is 111 Å². The van der Waals surface area contributed by atoms with E-state index in [0.717, 1.165) is 16.2 Å². The third-order valence-corrected chi connectivity index (χ3v) is 3.27. The van der Waals surface area contributed by atoms with Gasteiger partial charge < -0.3 is 10.1 Å². The van der Waals surface area contributed by atoms with Crippen LogP contribution in [0.2, 0.25) is 0 Å². The highest BCUT2D eigenvalue weighted by atomic mass is 32.1. The smallest absolute Gasteiger partial charge is 0.124 e. The molecule has 0 aliphatic carbocycles. The molecule has 1 heterocycles. The predicted octanol–water partition coefficient (Wildman–Crippen LogP) is 2.63. The minimum Gasteiger partial charge on any atom is -0.491 e. The van der Waals surface area contributed by atoms with Crippen LogP contribution in [0.3, 0.4) is 0 Å². The topological polar surface area (TPSA) is 47.0 Å². The van der Waals surface area contributed by atoms with Gasteiger partial charge in [-0.25, -0.2) is 0 Å². The van der Waals surface area contributed by atoms with E-state index < -0.39 is 0 Å². The molecule has 2 aromatic rings. The number of aromatic nitrogens is 2. The van der Waals surface area contributed by atoms with Crippen LogP contribution in [0.1, 0.15) is 30.3 Å². The summed E-state index contributed by atoms with van der Waals surface area (Å²) >= 11 is 1.40. The van der Waals surface area contributed by atoms with E-state index in [0.29, 0.717) is 0 Å². The number of nitrogens with zero attached hydrogens (tertiary/aromatic N) is 2. The lowest BCUT2D eigenvalue weighted by atomic mass is 10.0. The Balaban J connectivity index is 2.36. The maximum absolute atomic E-state index is 5.85. The summed E-state index contributed by atoms with van der Waals surface area (Å²) in [5.74, 6) is 0.903. The Bertz CT molecular complexity index is 485. The summed E-state index contributed by atoms with van der Waals surface area (Å²) in [6.07, 6.45) is 1.95. The highest BCUT2D eigenvalue weighted by Gasteiger charge is 2.18. The van der Waals surface area contributed by atoms with Crippen molar-refractivity contribution >= 4 is 11.5 Å². The highest BCUT2D eigenvalue weighted by Crippen LogP contribution is 2.31. The second kappa shape index (κ2) is 5.93. The molecule has 0 amide bonds. The first-order valence-electron chi connectivity index (χ1n) is 5.92. The fourth-order valence-corrected chi connectivity index (χ4v) is 2.47. The van der Waals surface area contributed by atoms with Gasteiger partial charge in [0.2, 0.25) is 0 Å². The third-order valence-electron chi connectivity index (χ3n) is 2.54. The number of para-hydroxylation sites is 1. The number of hydrogen-bond acceptors (Lipinski definition) is 5. The first-order valence-corrected chi connectivity index (χ1v) is 6.69. The Morgan fingerprint density at radius 1 is 1.28 bits per heavy atom. The van der Waals surface area contributed by atoms with Crippen LogP contribution in [0, 0.1) is 0 Å². The summed E-state index contributed by atoms with van der Waals surface area (Å²) < 4.78 is 9.77. The molecule has 1 aromatic heterocycles. The molecule has 0 spiro atoms. The lowest BCUT2D eigenvalue weighted by molar-refractivity contribution is 0.239. The number of ether oxygens (including phenoxy) is 1. The van der Waals surface area contributed by atoms with E-state index in [9.17, 15) is 0 Å². The van der Waals surface area contributed by atoms with Gasteiger partial charge in [-0.3, -0.25) is 0 Å². The highest BCUT2D eigenvalue weighted by molar-refractivity contribution is 7.05. The molecule has 96 valence electrons. The first-order chi connectivity index (χ1) is 8.72. The second-order valence-electron chi connectivity index (χ2n) is 4.25. The Morgan fingerprint density at radius 2 is 2.06 bits per heavy atom. The molecule has 2 rings (SSSR count). The molecule has 4 nitrogen and oxygen atoms in total. The van der Waals surface area contributed by atoms with E-state index in [1.165, 1.54) is 11.5 Å². The van der Waals surface area contributed by atoms with Gasteiger partial charge >= 0.3 is 0 Å². The van der Waals surface area contributed by atoms with E-state index >= 15 is 0 Å². The van der Waals surface area contributed by atoms with Crippen molar-refractivity contribution in [2.75, 3.05) is 7.05 Å². The maximum atomic E-state index is 5.85. The van der Waals surface area contributed by atoms with Gasteiger partial charge in [-0.05, 0) is 38.5 Å². The number of hydrogen-bond donors (Lipinski definition) is 1. The summed E-state index contributed by atoms with van der Waals surface area (Å²) in [6, 6.07) is 8.13. The van der Waals surface area contributed by atoms with Crippen LogP contribution in [0.15, 0.2) is 30.5 Å². The van der Waals surface area contributed by atoms with Crippen molar-refractivity contribution in [2.24, 2.45) is 0 Å². The van der Waals surface area contributed by atoms with E-state index in [1.54, 1.807) is 6.20 Å². The van der Waals surface area contributed by atoms with Gasteiger partial charge in [0.1, 0.15) is 5.75 Å². The Morgan fingerprint density at radius 3 is 2.67 bits per heavy atom.